The van der Waals surface area contributed by atoms with Gasteiger partial charge in [0, 0.05) is 39.3 Å². The van der Waals surface area contributed by atoms with Gasteiger partial charge in [0.1, 0.15) is 5.82 Å². The van der Waals surface area contributed by atoms with Crippen molar-refractivity contribution < 1.29 is 14.0 Å². The third kappa shape index (κ3) is 3.84. The summed E-state index contributed by atoms with van der Waals surface area (Å²) in [6.45, 7) is 4.03. The number of aryl methyl sites for hydroxylation is 2. The summed E-state index contributed by atoms with van der Waals surface area (Å²) in [4.78, 5) is 28.1. The van der Waals surface area contributed by atoms with E-state index in [0.717, 1.165) is 18.5 Å². The van der Waals surface area contributed by atoms with Crippen LogP contribution < -0.4 is 5.32 Å². The van der Waals surface area contributed by atoms with Gasteiger partial charge in [-0.05, 0) is 18.6 Å². The predicted octanol–water partition coefficient (Wildman–Crippen LogP) is 1.96. The molecule has 0 aliphatic carbocycles. The van der Waals surface area contributed by atoms with Gasteiger partial charge in [0.05, 0.1) is 12.0 Å². The molecule has 3 heterocycles. The van der Waals surface area contributed by atoms with Crippen molar-refractivity contribution in [2.24, 2.45) is 7.05 Å². The predicted molar refractivity (Wildman–Crippen MR) is 92.4 cm³/mol. The second kappa shape index (κ2) is 7.42. The molecule has 0 unspecified atom stereocenters. The molecular weight excluding hydrogens is 322 g/mol. The average Bonchev–Trinajstić information content (AvgIpc) is 3.25. The molecule has 0 atom stereocenters. The molecule has 0 radical (unpaired) electrons. The second-order valence-electron chi connectivity index (χ2n) is 6.08. The molecular formula is C17H23N5O3. The molecule has 0 saturated carbocycles. The zero-order valence-electron chi connectivity index (χ0n) is 14.6. The minimum Gasteiger partial charge on any atom is -0.459 e. The van der Waals surface area contributed by atoms with E-state index in [4.69, 9.17) is 4.42 Å². The Morgan fingerprint density at radius 2 is 1.96 bits per heavy atom. The molecule has 0 spiro atoms. The number of amides is 3. The van der Waals surface area contributed by atoms with E-state index in [0.29, 0.717) is 37.8 Å². The van der Waals surface area contributed by atoms with Crippen LogP contribution in [0.5, 0.6) is 0 Å². The Kier molecular flexibility index (Phi) is 5.06. The first-order valence-electron chi connectivity index (χ1n) is 8.50. The lowest BCUT2D eigenvalue weighted by atomic mass is 10.2. The van der Waals surface area contributed by atoms with Crippen LogP contribution in [0.2, 0.25) is 0 Å². The van der Waals surface area contributed by atoms with Crippen LogP contribution in [0.4, 0.5) is 10.6 Å². The van der Waals surface area contributed by atoms with Crippen LogP contribution in [0.1, 0.15) is 29.6 Å². The highest BCUT2D eigenvalue weighted by Crippen LogP contribution is 2.13. The number of carbonyl (C=O) groups is 2. The van der Waals surface area contributed by atoms with Gasteiger partial charge in [0.15, 0.2) is 5.76 Å². The van der Waals surface area contributed by atoms with Crippen molar-refractivity contribution in [2.45, 2.75) is 19.8 Å². The Bertz CT molecular complexity index is 730. The summed E-state index contributed by atoms with van der Waals surface area (Å²) in [6, 6.07) is 5.07. The fourth-order valence-electron chi connectivity index (χ4n) is 2.88. The maximum absolute atomic E-state index is 12.4. The van der Waals surface area contributed by atoms with E-state index >= 15 is 0 Å². The summed E-state index contributed by atoms with van der Waals surface area (Å²) < 4.78 is 6.82. The third-order valence-electron chi connectivity index (χ3n) is 4.26. The number of piperazine rings is 1. The van der Waals surface area contributed by atoms with Crippen LogP contribution in [-0.2, 0) is 13.5 Å². The van der Waals surface area contributed by atoms with Crippen LogP contribution in [0.25, 0.3) is 0 Å². The van der Waals surface area contributed by atoms with Gasteiger partial charge < -0.3 is 14.2 Å². The lowest BCUT2D eigenvalue weighted by Crippen LogP contribution is -2.51. The summed E-state index contributed by atoms with van der Waals surface area (Å²) in [5.74, 6) is 0.875. The highest BCUT2D eigenvalue weighted by atomic mass is 16.3. The Balaban J connectivity index is 1.54. The monoisotopic (exact) mass is 345 g/mol. The topological polar surface area (TPSA) is 83.6 Å². The van der Waals surface area contributed by atoms with Gasteiger partial charge in [-0.25, -0.2) is 4.79 Å². The van der Waals surface area contributed by atoms with E-state index < -0.39 is 0 Å². The number of hydrogen-bond donors (Lipinski definition) is 1. The number of urea groups is 1. The van der Waals surface area contributed by atoms with Crippen molar-refractivity contribution in [3.05, 3.63) is 35.9 Å². The number of hydrogen-bond acceptors (Lipinski definition) is 4. The first-order valence-corrected chi connectivity index (χ1v) is 8.50. The Morgan fingerprint density at radius 1 is 1.24 bits per heavy atom. The fourth-order valence-corrected chi connectivity index (χ4v) is 2.88. The number of carbonyl (C=O) groups excluding carboxylic acids is 2. The van der Waals surface area contributed by atoms with Crippen LogP contribution in [0.15, 0.2) is 28.9 Å². The number of rotatable bonds is 4. The molecule has 2 aromatic heterocycles. The SMILES string of the molecule is CCCc1cc(NC(=O)N2CCN(C(=O)c3ccco3)CC2)n(C)n1. The van der Waals surface area contributed by atoms with Crippen molar-refractivity contribution in [2.75, 3.05) is 31.5 Å². The van der Waals surface area contributed by atoms with Gasteiger partial charge in [0.2, 0.25) is 0 Å². The summed E-state index contributed by atoms with van der Waals surface area (Å²) in [5, 5.41) is 7.28. The molecule has 1 saturated heterocycles. The maximum Gasteiger partial charge on any atom is 0.323 e. The molecule has 1 N–H and O–H groups in total. The van der Waals surface area contributed by atoms with Gasteiger partial charge in [-0.15, -0.1) is 0 Å². The van der Waals surface area contributed by atoms with Gasteiger partial charge in [-0.3, -0.25) is 14.8 Å². The Morgan fingerprint density at radius 3 is 2.60 bits per heavy atom. The number of nitrogens with one attached hydrogen (secondary N) is 1. The summed E-state index contributed by atoms with van der Waals surface area (Å²) in [7, 11) is 1.81. The van der Waals surface area contributed by atoms with E-state index in [2.05, 4.69) is 17.3 Å². The van der Waals surface area contributed by atoms with Crippen LogP contribution in [-0.4, -0.2) is 57.7 Å². The summed E-state index contributed by atoms with van der Waals surface area (Å²) >= 11 is 0. The normalized spacial score (nSPS) is 14.6. The van der Waals surface area contributed by atoms with Crippen molar-refractivity contribution in [1.29, 1.82) is 0 Å². The molecule has 134 valence electrons. The molecule has 3 rings (SSSR count). The molecule has 0 aromatic carbocycles. The van der Waals surface area contributed by atoms with Gasteiger partial charge >= 0.3 is 6.03 Å². The standard InChI is InChI=1S/C17H23N5O3/c1-3-5-13-12-15(20(2)19-13)18-17(24)22-9-7-21(8-10-22)16(23)14-6-4-11-25-14/h4,6,11-12H,3,5,7-10H2,1-2H3,(H,18,24). The Labute approximate surface area is 146 Å². The Hall–Kier alpha value is -2.77. The fraction of sp³-hybridized carbons (Fsp3) is 0.471. The van der Waals surface area contributed by atoms with Gasteiger partial charge in [-0.2, -0.15) is 5.10 Å². The lowest BCUT2D eigenvalue weighted by molar-refractivity contribution is 0.0640. The number of furan rings is 1. The second-order valence-corrected chi connectivity index (χ2v) is 6.08. The number of nitrogens with zero attached hydrogens (tertiary/aromatic N) is 4. The molecule has 1 fully saturated rings. The first-order chi connectivity index (χ1) is 12.1. The highest BCUT2D eigenvalue weighted by molar-refractivity contribution is 5.92. The van der Waals surface area contributed by atoms with Crippen LogP contribution in [0.3, 0.4) is 0 Å². The van der Waals surface area contributed by atoms with Crippen molar-refractivity contribution in [3.63, 3.8) is 0 Å². The summed E-state index contributed by atoms with van der Waals surface area (Å²) in [5.41, 5.74) is 0.967. The zero-order chi connectivity index (χ0) is 17.8. The van der Waals surface area contributed by atoms with E-state index in [1.54, 1.807) is 26.6 Å². The van der Waals surface area contributed by atoms with Gasteiger partial charge in [-0.1, -0.05) is 13.3 Å². The molecule has 2 aromatic rings. The quantitative estimate of drug-likeness (QED) is 0.918. The van der Waals surface area contributed by atoms with E-state index in [-0.39, 0.29) is 11.9 Å². The molecule has 1 aliphatic rings. The van der Waals surface area contributed by atoms with Crippen LogP contribution >= 0.6 is 0 Å². The first kappa shape index (κ1) is 17.1. The van der Waals surface area contributed by atoms with Crippen molar-refractivity contribution >= 4 is 17.8 Å². The summed E-state index contributed by atoms with van der Waals surface area (Å²) in [6.07, 6.45) is 3.38. The van der Waals surface area contributed by atoms with E-state index in [1.165, 1.54) is 6.26 Å². The molecule has 8 heteroatoms. The third-order valence-corrected chi connectivity index (χ3v) is 4.26. The highest BCUT2D eigenvalue weighted by Gasteiger charge is 2.26. The lowest BCUT2D eigenvalue weighted by Gasteiger charge is -2.34. The van der Waals surface area contributed by atoms with Crippen LogP contribution in [0, 0.1) is 0 Å². The minimum atomic E-state index is -0.170. The molecule has 25 heavy (non-hydrogen) atoms. The van der Waals surface area contributed by atoms with Crippen molar-refractivity contribution in [1.82, 2.24) is 19.6 Å². The zero-order valence-corrected chi connectivity index (χ0v) is 14.6. The smallest absolute Gasteiger partial charge is 0.323 e. The number of anilines is 1. The molecule has 8 nitrogen and oxygen atoms in total. The molecule has 1 aliphatic heterocycles. The van der Waals surface area contributed by atoms with E-state index in [9.17, 15) is 9.59 Å². The van der Waals surface area contributed by atoms with Crippen molar-refractivity contribution in [3.8, 4) is 0 Å². The average molecular weight is 345 g/mol. The maximum atomic E-state index is 12.4. The number of aromatic nitrogens is 2. The minimum absolute atomic E-state index is 0.138. The van der Waals surface area contributed by atoms with Gasteiger partial charge in [0.25, 0.3) is 5.91 Å². The van der Waals surface area contributed by atoms with E-state index in [1.807, 2.05) is 13.1 Å². The molecule has 0 bridgehead atoms. The molecule has 3 amide bonds. The largest absolute Gasteiger partial charge is 0.459 e.